The molecule has 4 aromatic rings. The number of nitrogens with zero attached hydrogens (tertiary/aromatic N) is 6. The molecule has 1 atom stereocenters. The van der Waals surface area contributed by atoms with Crippen LogP contribution in [0.1, 0.15) is 22.4 Å². The van der Waals surface area contributed by atoms with Crippen LogP contribution in [0.3, 0.4) is 0 Å². The van der Waals surface area contributed by atoms with Gasteiger partial charge in [-0.15, -0.1) is 5.10 Å². The van der Waals surface area contributed by atoms with E-state index in [1.54, 1.807) is 13.0 Å². The summed E-state index contributed by atoms with van der Waals surface area (Å²) in [6.07, 6.45) is -1.04. The smallest absolute Gasteiger partial charge is 0.317 e. The standard InChI is InChI=1S/C28H24N8O3/c1-17-19(16-29)15-21(25(30-17)36-11-13-38-14-12-36)27-34-35-28(39-27)33-24-26(37)31-22-10-6-5-9-20(22)23(32-24)18-7-3-2-4-8-18/h2-10,15,24H,11-14H2,1H3,(H,31,37)(H,33,35). The molecular formula is C28H24N8O3. The van der Waals surface area contributed by atoms with Crippen LogP contribution in [0.25, 0.3) is 11.5 Å². The number of fused-ring (bicyclic) bond motifs is 1. The number of benzene rings is 2. The average Bonchev–Trinajstić information content (AvgIpc) is 3.39. The van der Waals surface area contributed by atoms with Crippen molar-refractivity contribution >= 4 is 29.1 Å². The van der Waals surface area contributed by atoms with Crippen LogP contribution in [0.5, 0.6) is 0 Å². The quantitative estimate of drug-likeness (QED) is 0.405. The van der Waals surface area contributed by atoms with Gasteiger partial charge in [-0.1, -0.05) is 53.6 Å². The number of hydrogen-bond donors (Lipinski definition) is 2. The van der Waals surface area contributed by atoms with Crippen LogP contribution in [0.4, 0.5) is 17.5 Å². The molecule has 6 rings (SSSR count). The zero-order valence-corrected chi connectivity index (χ0v) is 21.1. The summed E-state index contributed by atoms with van der Waals surface area (Å²) < 4.78 is 11.4. The van der Waals surface area contributed by atoms with Crippen LogP contribution in [0.2, 0.25) is 0 Å². The first-order valence-corrected chi connectivity index (χ1v) is 12.5. The third-order valence-electron chi connectivity index (χ3n) is 6.53. The summed E-state index contributed by atoms with van der Waals surface area (Å²) in [7, 11) is 0. The Morgan fingerprint density at radius 2 is 1.82 bits per heavy atom. The van der Waals surface area contributed by atoms with Gasteiger partial charge >= 0.3 is 6.01 Å². The molecule has 0 saturated carbocycles. The first kappa shape index (κ1) is 24.3. The molecule has 1 fully saturated rings. The number of benzodiazepines with no additional fused rings is 1. The van der Waals surface area contributed by atoms with E-state index in [1.807, 2.05) is 54.6 Å². The largest absolute Gasteiger partial charge is 0.403 e. The fourth-order valence-corrected chi connectivity index (χ4v) is 4.57. The Hall–Kier alpha value is -5.08. The molecule has 11 heteroatoms. The number of para-hydroxylation sites is 1. The van der Waals surface area contributed by atoms with E-state index in [1.165, 1.54) is 0 Å². The van der Waals surface area contributed by atoms with Crippen LogP contribution < -0.4 is 15.5 Å². The van der Waals surface area contributed by atoms with Crippen molar-refractivity contribution in [1.29, 1.82) is 5.26 Å². The Morgan fingerprint density at radius 3 is 2.62 bits per heavy atom. The van der Waals surface area contributed by atoms with Crippen molar-refractivity contribution in [3.8, 4) is 17.5 Å². The molecule has 1 amide bonds. The number of aromatic nitrogens is 3. The topological polar surface area (TPSA) is 142 Å². The summed E-state index contributed by atoms with van der Waals surface area (Å²) >= 11 is 0. The Morgan fingerprint density at radius 1 is 1.05 bits per heavy atom. The zero-order chi connectivity index (χ0) is 26.8. The lowest BCUT2D eigenvalue weighted by molar-refractivity contribution is -0.116. The van der Waals surface area contributed by atoms with Gasteiger partial charge in [0.1, 0.15) is 11.9 Å². The van der Waals surface area contributed by atoms with Gasteiger partial charge in [-0.05, 0) is 19.1 Å². The number of rotatable bonds is 5. The highest BCUT2D eigenvalue weighted by molar-refractivity contribution is 6.19. The van der Waals surface area contributed by atoms with Gasteiger partial charge in [-0.2, -0.15) is 5.26 Å². The van der Waals surface area contributed by atoms with E-state index in [9.17, 15) is 10.1 Å². The summed E-state index contributed by atoms with van der Waals surface area (Å²) in [6.45, 7) is 4.21. The van der Waals surface area contributed by atoms with Gasteiger partial charge in [0.25, 0.3) is 11.8 Å². The van der Waals surface area contributed by atoms with E-state index in [4.69, 9.17) is 14.1 Å². The first-order valence-electron chi connectivity index (χ1n) is 12.5. The van der Waals surface area contributed by atoms with Gasteiger partial charge in [0.2, 0.25) is 6.17 Å². The molecule has 2 aromatic carbocycles. The minimum atomic E-state index is -1.04. The maximum atomic E-state index is 13.2. The van der Waals surface area contributed by atoms with Crippen LogP contribution in [-0.2, 0) is 9.53 Å². The van der Waals surface area contributed by atoms with Gasteiger partial charge < -0.3 is 24.7 Å². The third-order valence-corrected chi connectivity index (χ3v) is 6.53. The monoisotopic (exact) mass is 520 g/mol. The Labute approximate surface area is 224 Å². The predicted molar refractivity (Wildman–Crippen MR) is 145 cm³/mol. The molecule has 2 N–H and O–H groups in total. The lowest BCUT2D eigenvalue weighted by Gasteiger charge is -2.29. The fraction of sp³-hybridized carbons (Fsp3) is 0.214. The molecule has 2 aromatic heterocycles. The van der Waals surface area contributed by atoms with Gasteiger partial charge in [-0.3, -0.25) is 4.79 Å². The van der Waals surface area contributed by atoms with E-state index >= 15 is 0 Å². The second kappa shape index (κ2) is 10.4. The minimum Gasteiger partial charge on any atom is -0.403 e. The number of anilines is 3. The number of morpholine rings is 1. The molecule has 0 aliphatic carbocycles. The number of pyridine rings is 1. The van der Waals surface area contributed by atoms with E-state index < -0.39 is 6.17 Å². The molecule has 0 spiro atoms. The number of aryl methyl sites for hydroxylation is 1. The normalized spacial score (nSPS) is 16.9. The second-order valence-electron chi connectivity index (χ2n) is 9.04. The second-order valence-corrected chi connectivity index (χ2v) is 9.04. The van der Waals surface area contributed by atoms with Gasteiger partial charge in [0.15, 0.2) is 0 Å². The number of amides is 1. The SMILES string of the molecule is Cc1nc(N2CCOCC2)c(-c2nnc(NC3N=C(c4ccccc4)c4ccccc4NC3=O)o2)cc1C#N. The highest BCUT2D eigenvalue weighted by Gasteiger charge is 2.28. The van der Waals surface area contributed by atoms with Crippen LogP contribution in [0, 0.1) is 18.3 Å². The molecule has 1 unspecified atom stereocenters. The average molecular weight is 521 g/mol. The Kier molecular flexibility index (Phi) is 6.44. The molecule has 11 nitrogen and oxygen atoms in total. The lowest BCUT2D eigenvalue weighted by atomic mass is 10.0. The molecule has 0 radical (unpaired) electrons. The van der Waals surface area contributed by atoms with Crippen LogP contribution >= 0.6 is 0 Å². The number of aliphatic imine (C=N–C) groups is 1. The number of carbonyl (C=O) groups is 1. The maximum Gasteiger partial charge on any atom is 0.317 e. The Balaban J connectivity index is 1.35. The minimum absolute atomic E-state index is 0.0132. The summed E-state index contributed by atoms with van der Waals surface area (Å²) in [5, 5.41) is 23.9. The highest BCUT2D eigenvalue weighted by atomic mass is 16.5. The Bertz CT molecular complexity index is 1600. The molecular weight excluding hydrogens is 496 g/mol. The van der Waals surface area contributed by atoms with Gasteiger partial charge in [-0.25, -0.2) is 9.98 Å². The summed E-state index contributed by atoms with van der Waals surface area (Å²) in [5.41, 5.74) is 4.53. The zero-order valence-electron chi connectivity index (χ0n) is 21.1. The van der Waals surface area contributed by atoms with Crippen molar-refractivity contribution in [3.63, 3.8) is 0 Å². The van der Waals surface area contributed by atoms with E-state index in [2.05, 4.69) is 36.8 Å². The fourth-order valence-electron chi connectivity index (χ4n) is 4.57. The predicted octanol–water partition coefficient (Wildman–Crippen LogP) is 3.38. The molecule has 0 bridgehead atoms. The van der Waals surface area contributed by atoms with Crippen molar-refractivity contribution in [2.75, 3.05) is 41.8 Å². The molecule has 194 valence electrons. The van der Waals surface area contributed by atoms with Gasteiger partial charge in [0, 0.05) is 24.2 Å². The molecule has 2 aliphatic rings. The van der Waals surface area contributed by atoms with Crippen LogP contribution in [0.15, 0.2) is 70.1 Å². The molecule has 39 heavy (non-hydrogen) atoms. The summed E-state index contributed by atoms with van der Waals surface area (Å²) in [6, 6.07) is 21.0. The number of nitriles is 1. The first-order chi connectivity index (χ1) is 19.1. The molecule has 4 heterocycles. The van der Waals surface area contributed by atoms with Crippen molar-refractivity contribution in [1.82, 2.24) is 15.2 Å². The van der Waals surface area contributed by atoms with E-state index in [0.29, 0.717) is 60.3 Å². The number of hydrogen-bond acceptors (Lipinski definition) is 10. The maximum absolute atomic E-state index is 13.2. The molecule has 1 saturated heterocycles. The van der Waals surface area contributed by atoms with Crippen molar-refractivity contribution in [2.24, 2.45) is 4.99 Å². The number of carbonyl (C=O) groups excluding carboxylic acids is 1. The summed E-state index contributed by atoms with van der Waals surface area (Å²) in [4.78, 5) is 24.7. The van der Waals surface area contributed by atoms with Gasteiger partial charge in [0.05, 0.1) is 41.4 Å². The van der Waals surface area contributed by atoms with Crippen LogP contribution in [-0.4, -0.2) is 59.3 Å². The van der Waals surface area contributed by atoms with E-state index in [0.717, 1.165) is 11.1 Å². The van der Waals surface area contributed by atoms with Crippen molar-refractivity contribution in [3.05, 3.63) is 83.0 Å². The number of ether oxygens (including phenoxy) is 1. The highest BCUT2D eigenvalue weighted by Crippen LogP contribution is 2.32. The molecule has 2 aliphatic heterocycles. The third kappa shape index (κ3) is 4.81. The van der Waals surface area contributed by atoms with E-state index in [-0.39, 0.29) is 17.8 Å². The lowest BCUT2D eigenvalue weighted by Crippen LogP contribution is -2.37. The van der Waals surface area contributed by atoms with Crippen molar-refractivity contribution < 1.29 is 13.9 Å². The number of nitrogens with one attached hydrogen (secondary N) is 2. The van der Waals surface area contributed by atoms with Crippen molar-refractivity contribution in [2.45, 2.75) is 13.1 Å². The summed E-state index contributed by atoms with van der Waals surface area (Å²) in [5.74, 6) is 0.440.